The van der Waals surface area contributed by atoms with Crippen LogP contribution >= 0.6 is 0 Å². The van der Waals surface area contributed by atoms with Crippen molar-refractivity contribution in [3.05, 3.63) is 71.4 Å². The van der Waals surface area contributed by atoms with Gasteiger partial charge in [0.15, 0.2) is 0 Å². The van der Waals surface area contributed by atoms with E-state index in [-0.39, 0.29) is 17.1 Å². The molecule has 2 aromatic heterocycles. The number of pyridine rings is 1. The third-order valence-electron chi connectivity index (χ3n) is 5.41. The highest BCUT2D eigenvalue weighted by atomic mass is 19.1. The number of nitrogens with one attached hydrogen (secondary N) is 1. The zero-order chi connectivity index (χ0) is 18.9. The molecule has 140 valence electrons. The fraction of sp³-hybridized carbons (Fsp3) is 0.333. The number of hydrogen-bond donors (Lipinski definition) is 1. The van der Waals surface area contributed by atoms with E-state index in [1.807, 2.05) is 43.5 Å². The zero-order valence-electron chi connectivity index (χ0n) is 15.2. The lowest BCUT2D eigenvalue weighted by Gasteiger charge is -2.38. The molecular weight excluding hydrogens is 345 g/mol. The maximum atomic E-state index is 13.4. The summed E-state index contributed by atoms with van der Waals surface area (Å²) in [4.78, 5) is 17.4. The van der Waals surface area contributed by atoms with E-state index < -0.39 is 0 Å². The van der Waals surface area contributed by atoms with E-state index in [0.717, 1.165) is 24.1 Å². The maximum absolute atomic E-state index is 13.4. The predicted octanol–water partition coefficient (Wildman–Crippen LogP) is 3.26. The molecule has 27 heavy (non-hydrogen) atoms. The van der Waals surface area contributed by atoms with Crippen LogP contribution < -0.4 is 5.32 Å². The molecule has 1 saturated heterocycles. The van der Waals surface area contributed by atoms with E-state index in [1.165, 1.54) is 12.1 Å². The number of rotatable bonds is 4. The van der Waals surface area contributed by atoms with Crippen LogP contribution in [0.25, 0.3) is 5.65 Å². The predicted molar refractivity (Wildman–Crippen MR) is 100 cm³/mol. The van der Waals surface area contributed by atoms with Gasteiger partial charge in [0.1, 0.15) is 17.2 Å². The lowest BCUT2D eigenvalue weighted by Crippen LogP contribution is -2.45. The topological polar surface area (TPSA) is 55.6 Å². The number of aryl methyl sites for hydroxylation is 1. The second-order valence-electron chi connectivity index (χ2n) is 7.06. The lowest BCUT2D eigenvalue weighted by molar-refractivity contribution is 0.0486. The van der Waals surface area contributed by atoms with Crippen LogP contribution in [0.15, 0.2) is 48.7 Å². The van der Waals surface area contributed by atoms with Crippen LogP contribution in [0.5, 0.6) is 0 Å². The number of nitrogens with zero attached hydrogens (tertiary/aromatic N) is 2. The van der Waals surface area contributed by atoms with Crippen molar-refractivity contribution in [3.63, 3.8) is 0 Å². The van der Waals surface area contributed by atoms with Gasteiger partial charge in [-0.15, -0.1) is 0 Å². The molecule has 3 aromatic rings. The van der Waals surface area contributed by atoms with E-state index in [9.17, 15) is 9.18 Å². The number of aromatic nitrogens is 2. The Labute approximate surface area is 157 Å². The van der Waals surface area contributed by atoms with Crippen molar-refractivity contribution in [2.75, 3.05) is 19.8 Å². The minimum absolute atomic E-state index is 0.154. The quantitative estimate of drug-likeness (QED) is 0.770. The summed E-state index contributed by atoms with van der Waals surface area (Å²) in [7, 11) is 0. The molecular formula is C21H22FN3O2. The van der Waals surface area contributed by atoms with Crippen LogP contribution in [0.1, 0.15) is 34.6 Å². The fourth-order valence-corrected chi connectivity index (χ4v) is 3.85. The smallest absolute Gasteiger partial charge is 0.270 e. The average molecular weight is 367 g/mol. The van der Waals surface area contributed by atoms with Gasteiger partial charge in [0, 0.05) is 31.4 Å². The SMILES string of the molecule is Cc1nc2ccccn2c1C(=O)NCC1(c2ccc(F)cc2)CCOCC1. The summed E-state index contributed by atoms with van der Waals surface area (Å²) in [6.07, 6.45) is 3.41. The van der Waals surface area contributed by atoms with Crippen molar-refractivity contribution >= 4 is 11.6 Å². The molecule has 0 spiro atoms. The summed E-state index contributed by atoms with van der Waals surface area (Å²) in [6.45, 7) is 3.57. The molecule has 1 aromatic carbocycles. The van der Waals surface area contributed by atoms with Gasteiger partial charge in [0.2, 0.25) is 0 Å². The Morgan fingerprint density at radius 2 is 1.96 bits per heavy atom. The fourth-order valence-electron chi connectivity index (χ4n) is 3.85. The Morgan fingerprint density at radius 1 is 1.22 bits per heavy atom. The van der Waals surface area contributed by atoms with Crippen LogP contribution in [0.2, 0.25) is 0 Å². The molecule has 0 saturated carbocycles. The number of imidazole rings is 1. The Balaban J connectivity index is 1.60. The molecule has 1 fully saturated rings. The first-order chi connectivity index (χ1) is 13.1. The van der Waals surface area contributed by atoms with Gasteiger partial charge in [0.25, 0.3) is 5.91 Å². The summed E-state index contributed by atoms with van der Waals surface area (Å²) < 4.78 is 20.7. The normalized spacial score (nSPS) is 16.4. The van der Waals surface area contributed by atoms with Crippen LogP contribution in [0.3, 0.4) is 0 Å². The van der Waals surface area contributed by atoms with Crippen LogP contribution in [0.4, 0.5) is 4.39 Å². The molecule has 0 aliphatic carbocycles. The molecule has 6 heteroatoms. The largest absolute Gasteiger partial charge is 0.381 e. The van der Waals surface area contributed by atoms with Crippen LogP contribution in [-0.4, -0.2) is 35.1 Å². The van der Waals surface area contributed by atoms with Crippen molar-refractivity contribution < 1.29 is 13.9 Å². The van der Waals surface area contributed by atoms with Gasteiger partial charge in [-0.25, -0.2) is 9.37 Å². The molecule has 3 heterocycles. The number of carbonyl (C=O) groups is 1. The van der Waals surface area contributed by atoms with Gasteiger partial charge in [0.05, 0.1) is 5.69 Å². The van der Waals surface area contributed by atoms with Crippen molar-refractivity contribution in [3.8, 4) is 0 Å². The molecule has 0 unspecified atom stereocenters. The van der Waals surface area contributed by atoms with Crippen molar-refractivity contribution in [2.24, 2.45) is 0 Å². The Hall–Kier alpha value is -2.73. The summed E-state index contributed by atoms with van der Waals surface area (Å²) in [5, 5.41) is 3.09. The molecule has 0 radical (unpaired) electrons. The highest BCUT2D eigenvalue weighted by molar-refractivity contribution is 5.94. The molecule has 1 N–H and O–H groups in total. The van der Waals surface area contributed by atoms with Crippen molar-refractivity contribution in [1.29, 1.82) is 0 Å². The first-order valence-electron chi connectivity index (χ1n) is 9.15. The number of hydrogen-bond acceptors (Lipinski definition) is 3. The minimum atomic E-state index is -0.258. The average Bonchev–Trinajstić information content (AvgIpc) is 3.03. The third-order valence-corrected chi connectivity index (χ3v) is 5.41. The number of halogens is 1. The van der Waals surface area contributed by atoms with Gasteiger partial charge in [-0.1, -0.05) is 18.2 Å². The lowest BCUT2D eigenvalue weighted by atomic mass is 9.74. The summed E-state index contributed by atoms with van der Waals surface area (Å²) in [5.74, 6) is -0.412. The molecule has 1 amide bonds. The Bertz CT molecular complexity index is 959. The monoisotopic (exact) mass is 367 g/mol. The van der Waals surface area contributed by atoms with Gasteiger partial charge >= 0.3 is 0 Å². The number of benzene rings is 1. The Morgan fingerprint density at radius 3 is 2.70 bits per heavy atom. The molecule has 1 aliphatic rings. The molecule has 0 atom stereocenters. The Kier molecular flexibility index (Phi) is 4.66. The van der Waals surface area contributed by atoms with Crippen molar-refractivity contribution in [1.82, 2.24) is 14.7 Å². The number of carbonyl (C=O) groups excluding carboxylic acids is 1. The maximum Gasteiger partial charge on any atom is 0.270 e. The van der Waals surface area contributed by atoms with Crippen LogP contribution in [0, 0.1) is 12.7 Å². The second kappa shape index (κ2) is 7.12. The molecule has 5 nitrogen and oxygen atoms in total. The summed E-state index contributed by atoms with van der Waals surface area (Å²) >= 11 is 0. The number of fused-ring (bicyclic) bond motifs is 1. The van der Waals surface area contributed by atoms with Gasteiger partial charge in [-0.3, -0.25) is 9.20 Å². The van der Waals surface area contributed by atoms with Crippen LogP contribution in [-0.2, 0) is 10.2 Å². The molecule has 0 bridgehead atoms. The first-order valence-corrected chi connectivity index (χ1v) is 9.15. The summed E-state index contributed by atoms with van der Waals surface area (Å²) in [6, 6.07) is 12.2. The zero-order valence-corrected chi connectivity index (χ0v) is 15.2. The third kappa shape index (κ3) is 3.32. The van der Waals surface area contributed by atoms with E-state index in [4.69, 9.17) is 4.74 Å². The molecule has 1 aliphatic heterocycles. The minimum Gasteiger partial charge on any atom is -0.381 e. The number of ether oxygens (including phenoxy) is 1. The highest BCUT2D eigenvalue weighted by Gasteiger charge is 2.35. The van der Waals surface area contributed by atoms with E-state index >= 15 is 0 Å². The highest BCUT2D eigenvalue weighted by Crippen LogP contribution is 2.34. The van der Waals surface area contributed by atoms with Crippen molar-refractivity contribution in [2.45, 2.75) is 25.2 Å². The first kappa shape index (κ1) is 17.7. The second-order valence-corrected chi connectivity index (χ2v) is 7.06. The van der Waals surface area contributed by atoms with Gasteiger partial charge < -0.3 is 10.1 Å². The van der Waals surface area contributed by atoms with E-state index in [1.54, 1.807) is 4.40 Å². The summed E-state index contributed by atoms with van der Waals surface area (Å²) in [5.41, 5.74) is 2.77. The van der Waals surface area contributed by atoms with E-state index in [0.29, 0.717) is 31.1 Å². The van der Waals surface area contributed by atoms with Gasteiger partial charge in [-0.05, 0) is 49.6 Å². The van der Waals surface area contributed by atoms with Gasteiger partial charge in [-0.2, -0.15) is 0 Å². The molecule has 4 rings (SSSR count). The van der Waals surface area contributed by atoms with E-state index in [2.05, 4.69) is 10.3 Å². The standard InChI is InChI=1S/C21H22FN3O2/c1-15-19(25-11-3-2-4-18(25)24-15)20(26)23-14-21(9-12-27-13-10-21)16-5-7-17(22)8-6-16/h2-8,11H,9-10,12-14H2,1H3,(H,23,26). The number of amides is 1.